The van der Waals surface area contributed by atoms with Crippen LogP contribution in [0.25, 0.3) is 21.3 Å². The minimum atomic E-state index is -1.50. The summed E-state index contributed by atoms with van der Waals surface area (Å²) in [5.74, 6) is -1.93. The molecule has 4 rings (SSSR count). The van der Waals surface area contributed by atoms with Gasteiger partial charge in [-0.25, -0.2) is 13.8 Å². The molecule has 2 aromatic heterocycles. The van der Waals surface area contributed by atoms with Gasteiger partial charge in [-0.2, -0.15) is 0 Å². The van der Waals surface area contributed by atoms with Crippen LogP contribution in [0.2, 0.25) is 0 Å². The van der Waals surface area contributed by atoms with Gasteiger partial charge in [0.15, 0.2) is 11.6 Å². The quantitative estimate of drug-likeness (QED) is 0.510. The Kier molecular flexibility index (Phi) is 3.91. The van der Waals surface area contributed by atoms with Gasteiger partial charge in [0, 0.05) is 26.4 Å². The second-order valence-electron chi connectivity index (χ2n) is 5.88. The molecule has 0 saturated heterocycles. The van der Waals surface area contributed by atoms with Crippen molar-refractivity contribution in [2.75, 3.05) is 0 Å². The number of benzene rings is 2. The Bertz CT molecular complexity index is 1070. The van der Waals surface area contributed by atoms with Crippen LogP contribution < -0.4 is 0 Å². The van der Waals surface area contributed by atoms with Gasteiger partial charge in [-0.15, -0.1) is 22.7 Å². The molecule has 2 heterocycles. The lowest BCUT2D eigenvalue weighted by molar-refractivity contribution is 0.101. The first kappa shape index (κ1) is 16.3. The number of rotatable bonds is 3. The van der Waals surface area contributed by atoms with Gasteiger partial charge in [0.05, 0.1) is 5.69 Å². The fourth-order valence-corrected chi connectivity index (χ4v) is 4.58. The summed E-state index contributed by atoms with van der Waals surface area (Å²) in [5.41, 5.74) is 0.537. The van der Waals surface area contributed by atoms with Crippen LogP contribution in [0, 0.1) is 11.6 Å². The lowest BCUT2D eigenvalue weighted by atomic mass is 9.96. The van der Waals surface area contributed by atoms with Crippen LogP contribution in [0.4, 0.5) is 8.78 Å². The summed E-state index contributed by atoms with van der Waals surface area (Å²) in [6.45, 7) is 1.54. The van der Waals surface area contributed by atoms with Crippen LogP contribution in [0.1, 0.15) is 17.5 Å². The molecule has 6 heteroatoms. The van der Waals surface area contributed by atoms with Crippen LogP contribution >= 0.6 is 22.7 Å². The summed E-state index contributed by atoms with van der Waals surface area (Å²) >= 11 is 2.93. The van der Waals surface area contributed by atoms with E-state index in [9.17, 15) is 13.9 Å². The molecule has 0 amide bonds. The molecule has 0 radical (unpaired) electrons. The number of hydrogen-bond acceptors (Lipinski definition) is 4. The average molecular weight is 373 g/mol. The number of thiazole rings is 1. The molecule has 0 aliphatic rings. The second-order valence-corrected chi connectivity index (χ2v) is 7.65. The molecule has 1 unspecified atom stereocenters. The van der Waals surface area contributed by atoms with Crippen molar-refractivity contribution >= 4 is 32.8 Å². The zero-order valence-corrected chi connectivity index (χ0v) is 14.8. The highest BCUT2D eigenvalue weighted by molar-refractivity contribution is 7.17. The van der Waals surface area contributed by atoms with E-state index in [2.05, 4.69) is 4.98 Å². The van der Waals surface area contributed by atoms with Gasteiger partial charge in [0.2, 0.25) is 0 Å². The van der Waals surface area contributed by atoms with Gasteiger partial charge >= 0.3 is 0 Å². The molecule has 0 aliphatic carbocycles. The third kappa shape index (κ3) is 2.76. The van der Waals surface area contributed by atoms with Gasteiger partial charge < -0.3 is 5.11 Å². The van der Waals surface area contributed by atoms with E-state index in [0.717, 1.165) is 28.8 Å². The van der Waals surface area contributed by atoms with Gasteiger partial charge in [-0.1, -0.05) is 24.3 Å². The van der Waals surface area contributed by atoms with Crippen molar-refractivity contribution < 1.29 is 13.9 Å². The first-order chi connectivity index (χ1) is 12.0. The summed E-state index contributed by atoms with van der Waals surface area (Å²) in [7, 11) is 0. The number of halogens is 2. The molecule has 0 bridgehead atoms. The first-order valence-corrected chi connectivity index (χ1v) is 9.33. The van der Waals surface area contributed by atoms with Crippen LogP contribution in [0.15, 0.2) is 53.2 Å². The maximum Gasteiger partial charge on any atom is 0.159 e. The molecule has 1 atom stereocenters. The second kappa shape index (κ2) is 5.98. The normalized spacial score (nSPS) is 13.9. The fourth-order valence-electron chi connectivity index (χ4n) is 2.72. The molecule has 25 heavy (non-hydrogen) atoms. The Balaban J connectivity index is 1.76. The van der Waals surface area contributed by atoms with Crippen molar-refractivity contribution in [2.24, 2.45) is 0 Å². The van der Waals surface area contributed by atoms with Gasteiger partial charge in [0.1, 0.15) is 10.6 Å². The molecule has 2 nitrogen and oxygen atoms in total. The van der Waals surface area contributed by atoms with Crippen LogP contribution in [0.3, 0.4) is 0 Å². The van der Waals surface area contributed by atoms with Crippen molar-refractivity contribution in [2.45, 2.75) is 12.5 Å². The van der Waals surface area contributed by atoms with Crippen molar-refractivity contribution in [1.82, 2.24) is 4.98 Å². The van der Waals surface area contributed by atoms with Crippen LogP contribution in [-0.2, 0) is 5.60 Å². The smallest absolute Gasteiger partial charge is 0.159 e. The Hall–Kier alpha value is -2.15. The highest BCUT2D eigenvalue weighted by Crippen LogP contribution is 2.38. The Labute approximate surface area is 151 Å². The minimum Gasteiger partial charge on any atom is -0.378 e. The monoisotopic (exact) mass is 373 g/mol. The molecule has 0 saturated carbocycles. The van der Waals surface area contributed by atoms with E-state index in [4.69, 9.17) is 0 Å². The van der Waals surface area contributed by atoms with Gasteiger partial charge in [-0.05, 0) is 30.7 Å². The largest absolute Gasteiger partial charge is 0.378 e. The number of aliphatic hydroxyl groups is 1. The molecule has 0 spiro atoms. The summed E-state index contributed by atoms with van der Waals surface area (Å²) in [6.07, 6.45) is 0. The van der Waals surface area contributed by atoms with Crippen LogP contribution in [-0.4, -0.2) is 10.1 Å². The van der Waals surface area contributed by atoms with E-state index in [-0.39, 0.29) is 5.56 Å². The van der Waals surface area contributed by atoms with E-state index < -0.39 is 17.2 Å². The Morgan fingerprint density at radius 1 is 1.00 bits per heavy atom. The number of aromatic nitrogens is 1. The number of thiophene rings is 1. The lowest BCUT2D eigenvalue weighted by Crippen LogP contribution is -2.22. The zero-order chi connectivity index (χ0) is 17.6. The van der Waals surface area contributed by atoms with E-state index in [1.807, 2.05) is 35.0 Å². The zero-order valence-electron chi connectivity index (χ0n) is 13.2. The van der Waals surface area contributed by atoms with E-state index in [1.165, 1.54) is 29.0 Å². The third-order valence-corrected chi connectivity index (χ3v) is 6.18. The topological polar surface area (TPSA) is 33.1 Å². The SMILES string of the molecule is CC(O)(c1ccc(F)c(F)c1)c1nc(-c2csc3ccccc23)cs1. The molecule has 0 fully saturated rings. The fraction of sp³-hybridized carbons (Fsp3) is 0.105. The van der Waals surface area contributed by atoms with E-state index in [1.54, 1.807) is 11.3 Å². The van der Waals surface area contributed by atoms with Gasteiger partial charge in [0.25, 0.3) is 0 Å². The maximum atomic E-state index is 13.5. The van der Waals surface area contributed by atoms with E-state index in [0.29, 0.717) is 5.01 Å². The summed E-state index contributed by atoms with van der Waals surface area (Å²) in [5, 5.41) is 16.3. The summed E-state index contributed by atoms with van der Waals surface area (Å²) in [4.78, 5) is 4.56. The van der Waals surface area contributed by atoms with Crippen molar-refractivity contribution in [3.8, 4) is 11.3 Å². The molecule has 0 aliphatic heterocycles. The van der Waals surface area contributed by atoms with Crippen molar-refractivity contribution in [3.05, 3.63) is 75.4 Å². The van der Waals surface area contributed by atoms with Crippen molar-refractivity contribution in [1.29, 1.82) is 0 Å². The third-order valence-electron chi connectivity index (χ3n) is 4.16. The minimum absolute atomic E-state index is 0.266. The van der Waals surface area contributed by atoms with Gasteiger partial charge in [-0.3, -0.25) is 0 Å². The molecule has 2 aromatic carbocycles. The number of nitrogens with zero attached hydrogens (tertiary/aromatic N) is 1. The molecular formula is C19H13F2NOS2. The first-order valence-electron chi connectivity index (χ1n) is 7.57. The molecule has 1 N–H and O–H groups in total. The predicted octanol–water partition coefficient (Wildman–Crippen LogP) is 5.56. The molecule has 4 aromatic rings. The standard InChI is InChI=1S/C19H13F2NOS2/c1-19(23,11-6-7-14(20)15(21)8-11)18-22-16(10-25-18)13-9-24-17-5-3-2-4-12(13)17/h2-10,23H,1H3. The summed E-state index contributed by atoms with van der Waals surface area (Å²) in [6, 6.07) is 11.4. The van der Waals surface area contributed by atoms with E-state index >= 15 is 0 Å². The highest BCUT2D eigenvalue weighted by atomic mass is 32.1. The summed E-state index contributed by atoms with van der Waals surface area (Å²) < 4.78 is 27.9. The van der Waals surface area contributed by atoms with Crippen LogP contribution in [0.5, 0.6) is 0 Å². The average Bonchev–Trinajstić information content (AvgIpc) is 3.23. The molecule has 126 valence electrons. The Morgan fingerprint density at radius 3 is 2.60 bits per heavy atom. The number of fused-ring (bicyclic) bond motifs is 1. The molecular weight excluding hydrogens is 360 g/mol. The predicted molar refractivity (Wildman–Crippen MR) is 98.0 cm³/mol. The van der Waals surface area contributed by atoms with Crippen molar-refractivity contribution in [3.63, 3.8) is 0 Å². The Morgan fingerprint density at radius 2 is 1.80 bits per heavy atom. The number of hydrogen-bond donors (Lipinski definition) is 1. The maximum absolute atomic E-state index is 13.5. The highest BCUT2D eigenvalue weighted by Gasteiger charge is 2.30. The lowest BCUT2D eigenvalue weighted by Gasteiger charge is -2.21.